The highest BCUT2D eigenvalue weighted by atomic mass is 19.1. The molecule has 1 fully saturated rings. The molecule has 0 bridgehead atoms. The second-order valence-corrected chi connectivity index (χ2v) is 7.38. The number of nitrogens with zero attached hydrogens (tertiary/aromatic N) is 1. The van der Waals surface area contributed by atoms with Gasteiger partial charge in [-0.25, -0.2) is 4.39 Å². The largest absolute Gasteiger partial charge is 0.351 e. The molecular weight excluding hydrogens is 343 g/mol. The van der Waals surface area contributed by atoms with E-state index in [9.17, 15) is 14.0 Å². The van der Waals surface area contributed by atoms with Crippen molar-refractivity contribution >= 4 is 11.8 Å². The molecule has 27 heavy (non-hydrogen) atoms. The van der Waals surface area contributed by atoms with Crippen LogP contribution in [0.4, 0.5) is 4.39 Å². The molecule has 0 unspecified atom stereocenters. The fraction of sp³-hybridized carbons (Fsp3) is 0.364. The van der Waals surface area contributed by atoms with Gasteiger partial charge in [-0.15, -0.1) is 0 Å². The predicted molar refractivity (Wildman–Crippen MR) is 103 cm³/mol. The lowest BCUT2D eigenvalue weighted by Gasteiger charge is -2.28. The molecule has 5 heteroatoms. The summed E-state index contributed by atoms with van der Waals surface area (Å²) >= 11 is 0. The molecule has 1 saturated carbocycles. The van der Waals surface area contributed by atoms with Crippen LogP contribution in [0.25, 0.3) is 0 Å². The molecule has 142 valence electrons. The number of hydrogen-bond donors (Lipinski definition) is 1. The van der Waals surface area contributed by atoms with E-state index in [-0.39, 0.29) is 17.6 Å². The van der Waals surface area contributed by atoms with Crippen LogP contribution in [0.2, 0.25) is 0 Å². The third kappa shape index (κ3) is 4.02. The first-order valence-electron chi connectivity index (χ1n) is 9.27. The average Bonchev–Trinajstić information content (AvgIpc) is 3.17. The summed E-state index contributed by atoms with van der Waals surface area (Å²) in [7, 11) is 3.43. The molecule has 0 aliphatic heterocycles. The quantitative estimate of drug-likeness (QED) is 0.876. The minimum Gasteiger partial charge on any atom is -0.351 e. The molecule has 4 nitrogen and oxygen atoms in total. The van der Waals surface area contributed by atoms with Crippen molar-refractivity contribution in [2.75, 3.05) is 14.1 Å². The van der Waals surface area contributed by atoms with Crippen LogP contribution in [-0.4, -0.2) is 30.8 Å². The predicted octanol–water partition coefficient (Wildman–Crippen LogP) is 3.66. The van der Waals surface area contributed by atoms with Crippen LogP contribution in [0.1, 0.15) is 47.2 Å². The molecule has 0 spiro atoms. The van der Waals surface area contributed by atoms with E-state index in [1.165, 1.54) is 17.0 Å². The first-order chi connectivity index (χ1) is 12.9. The lowest BCUT2D eigenvalue weighted by molar-refractivity contribution is -0.126. The number of rotatable bonds is 5. The van der Waals surface area contributed by atoms with Gasteiger partial charge in [0, 0.05) is 26.2 Å². The van der Waals surface area contributed by atoms with Gasteiger partial charge < -0.3 is 10.2 Å². The van der Waals surface area contributed by atoms with Crippen LogP contribution in [0.3, 0.4) is 0 Å². The van der Waals surface area contributed by atoms with Crippen molar-refractivity contribution in [3.8, 4) is 0 Å². The SMILES string of the molecule is CN(C)C(=O)c1ccc(CNC(=O)C2(c3ccc(F)cc3)CCCC2)cc1. The van der Waals surface area contributed by atoms with Crippen molar-refractivity contribution in [2.24, 2.45) is 0 Å². The van der Waals surface area contributed by atoms with Gasteiger partial charge in [-0.1, -0.05) is 37.1 Å². The minimum absolute atomic E-state index is 0.0138. The topological polar surface area (TPSA) is 49.4 Å². The fourth-order valence-electron chi connectivity index (χ4n) is 3.77. The number of hydrogen-bond acceptors (Lipinski definition) is 2. The summed E-state index contributed by atoms with van der Waals surface area (Å²) in [6.07, 6.45) is 3.54. The van der Waals surface area contributed by atoms with Gasteiger partial charge in [-0.3, -0.25) is 9.59 Å². The molecule has 0 radical (unpaired) electrons. The Morgan fingerprint density at radius 3 is 2.15 bits per heavy atom. The summed E-state index contributed by atoms with van der Waals surface area (Å²) in [6, 6.07) is 13.5. The number of nitrogens with one attached hydrogen (secondary N) is 1. The Hall–Kier alpha value is -2.69. The third-order valence-corrected chi connectivity index (χ3v) is 5.35. The summed E-state index contributed by atoms with van der Waals surface area (Å²) in [5.41, 5.74) is 1.86. The lowest BCUT2D eigenvalue weighted by atomic mass is 9.78. The summed E-state index contributed by atoms with van der Waals surface area (Å²) in [5.74, 6) is -0.355. The third-order valence-electron chi connectivity index (χ3n) is 5.35. The smallest absolute Gasteiger partial charge is 0.253 e. The van der Waals surface area contributed by atoms with Crippen LogP contribution < -0.4 is 5.32 Å². The Morgan fingerprint density at radius 2 is 1.59 bits per heavy atom. The van der Waals surface area contributed by atoms with Crippen LogP contribution in [-0.2, 0) is 16.8 Å². The zero-order valence-corrected chi connectivity index (χ0v) is 15.8. The van der Waals surface area contributed by atoms with E-state index in [2.05, 4.69) is 5.32 Å². The van der Waals surface area contributed by atoms with Gasteiger partial charge in [-0.05, 0) is 48.2 Å². The first kappa shape index (κ1) is 19.1. The van der Waals surface area contributed by atoms with Crippen molar-refractivity contribution in [3.63, 3.8) is 0 Å². The molecule has 1 aliphatic rings. The molecule has 1 N–H and O–H groups in total. The van der Waals surface area contributed by atoms with E-state index in [1.54, 1.807) is 38.4 Å². The number of benzene rings is 2. The summed E-state index contributed by atoms with van der Waals surface area (Å²) in [6.45, 7) is 0.401. The number of amides is 2. The van der Waals surface area contributed by atoms with E-state index in [0.29, 0.717) is 12.1 Å². The maximum absolute atomic E-state index is 13.3. The van der Waals surface area contributed by atoms with E-state index in [1.807, 2.05) is 12.1 Å². The summed E-state index contributed by atoms with van der Waals surface area (Å²) < 4.78 is 13.3. The lowest BCUT2D eigenvalue weighted by Crippen LogP contribution is -2.42. The fourth-order valence-corrected chi connectivity index (χ4v) is 3.77. The standard InChI is InChI=1S/C22H25FN2O2/c1-25(2)20(26)17-7-5-16(6-8-17)15-24-21(27)22(13-3-4-14-22)18-9-11-19(23)12-10-18/h5-12H,3-4,13-15H2,1-2H3,(H,24,27). The van der Waals surface area contributed by atoms with Crippen LogP contribution in [0, 0.1) is 5.82 Å². The van der Waals surface area contributed by atoms with Crippen LogP contribution in [0.15, 0.2) is 48.5 Å². The van der Waals surface area contributed by atoms with Crippen molar-refractivity contribution < 1.29 is 14.0 Å². The zero-order valence-electron chi connectivity index (χ0n) is 15.8. The van der Waals surface area contributed by atoms with E-state index in [0.717, 1.165) is 36.8 Å². The Morgan fingerprint density at radius 1 is 1.00 bits per heavy atom. The van der Waals surface area contributed by atoms with Crippen LogP contribution >= 0.6 is 0 Å². The molecule has 0 aromatic heterocycles. The second kappa shape index (κ2) is 7.91. The van der Waals surface area contributed by atoms with E-state index in [4.69, 9.17) is 0 Å². The Bertz CT molecular complexity index is 807. The second-order valence-electron chi connectivity index (χ2n) is 7.38. The van der Waals surface area contributed by atoms with Gasteiger partial charge >= 0.3 is 0 Å². The Balaban J connectivity index is 1.70. The zero-order chi connectivity index (χ0) is 19.4. The van der Waals surface area contributed by atoms with Crippen molar-refractivity contribution in [3.05, 3.63) is 71.0 Å². The van der Waals surface area contributed by atoms with Gasteiger partial charge in [0.1, 0.15) is 5.82 Å². The highest BCUT2D eigenvalue weighted by molar-refractivity contribution is 5.94. The summed E-state index contributed by atoms with van der Waals surface area (Å²) in [5, 5.41) is 3.04. The molecule has 2 aromatic rings. The van der Waals surface area contributed by atoms with Crippen molar-refractivity contribution in [1.29, 1.82) is 0 Å². The highest BCUT2D eigenvalue weighted by Crippen LogP contribution is 2.41. The van der Waals surface area contributed by atoms with Crippen molar-refractivity contribution in [1.82, 2.24) is 10.2 Å². The van der Waals surface area contributed by atoms with Gasteiger partial charge in [0.05, 0.1) is 5.41 Å². The highest BCUT2D eigenvalue weighted by Gasteiger charge is 2.42. The van der Waals surface area contributed by atoms with E-state index < -0.39 is 5.41 Å². The Labute approximate surface area is 159 Å². The maximum atomic E-state index is 13.3. The van der Waals surface area contributed by atoms with Crippen LogP contribution in [0.5, 0.6) is 0 Å². The molecule has 0 atom stereocenters. The van der Waals surface area contributed by atoms with Gasteiger partial charge in [0.2, 0.25) is 5.91 Å². The maximum Gasteiger partial charge on any atom is 0.253 e. The normalized spacial score (nSPS) is 15.4. The molecule has 0 saturated heterocycles. The molecule has 3 rings (SSSR count). The van der Waals surface area contributed by atoms with Gasteiger partial charge in [0.25, 0.3) is 5.91 Å². The number of carbonyl (C=O) groups is 2. The minimum atomic E-state index is -0.575. The number of halogens is 1. The molecular formula is C22H25FN2O2. The average molecular weight is 368 g/mol. The molecule has 0 heterocycles. The number of carbonyl (C=O) groups excluding carboxylic acids is 2. The molecule has 2 aromatic carbocycles. The van der Waals surface area contributed by atoms with E-state index >= 15 is 0 Å². The van der Waals surface area contributed by atoms with Gasteiger partial charge in [-0.2, -0.15) is 0 Å². The molecule has 1 aliphatic carbocycles. The molecule has 2 amide bonds. The van der Waals surface area contributed by atoms with Crippen molar-refractivity contribution in [2.45, 2.75) is 37.6 Å². The van der Waals surface area contributed by atoms with Gasteiger partial charge in [0.15, 0.2) is 0 Å². The Kier molecular flexibility index (Phi) is 5.59. The monoisotopic (exact) mass is 368 g/mol. The summed E-state index contributed by atoms with van der Waals surface area (Å²) in [4.78, 5) is 26.5. The first-order valence-corrected chi connectivity index (χ1v) is 9.27.